The molecule has 19 heavy (non-hydrogen) atoms. The fraction of sp³-hybridized carbons (Fsp3) is 0.385. The Morgan fingerprint density at radius 3 is 2.26 bits per heavy atom. The van der Waals surface area contributed by atoms with E-state index in [1.54, 1.807) is 18.2 Å². The van der Waals surface area contributed by atoms with Gasteiger partial charge in [-0.2, -0.15) is 0 Å². The maximum Gasteiger partial charge on any atom is 0.313 e. The molecule has 0 saturated carbocycles. The molecular weight excluding hydrogens is 248 g/mol. The van der Waals surface area contributed by atoms with Crippen LogP contribution >= 0.6 is 0 Å². The van der Waals surface area contributed by atoms with Gasteiger partial charge in [0, 0.05) is 18.8 Å². The molecule has 0 unspecified atom stereocenters. The van der Waals surface area contributed by atoms with E-state index < -0.39 is 11.8 Å². The second-order valence-corrected chi connectivity index (χ2v) is 3.56. The third-order valence-electron chi connectivity index (χ3n) is 2.23. The lowest BCUT2D eigenvalue weighted by Gasteiger charge is -2.12. The third kappa shape index (κ3) is 4.17. The summed E-state index contributed by atoms with van der Waals surface area (Å²) >= 11 is 0. The number of hydrogen-bond donors (Lipinski definition) is 2. The number of rotatable bonds is 5. The summed E-state index contributed by atoms with van der Waals surface area (Å²) < 4.78 is 10.8. The van der Waals surface area contributed by atoms with Crippen LogP contribution in [0.15, 0.2) is 18.2 Å². The van der Waals surface area contributed by atoms with Gasteiger partial charge < -0.3 is 20.1 Å². The molecule has 0 aromatic heterocycles. The molecule has 104 valence electrons. The molecule has 1 aromatic rings. The molecule has 0 aliphatic rings. The highest BCUT2D eigenvalue weighted by Crippen LogP contribution is 2.30. The van der Waals surface area contributed by atoms with E-state index in [-0.39, 0.29) is 0 Å². The van der Waals surface area contributed by atoms with Crippen molar-refractivity contribution >= 4 is 17.5 Å². The van der Waals surface area contributed by atoms with Crippen molar-refractivity contribution in [2.45, 2.75) is 13.8 Å². The molecule has 0 aliphatic heterocycles. The Bertz CT molecular complexity index is 460. The number of anilines is 1. The number of nitrogens with one attached hydrogen (secondary N) is 2. The van der Waals surface area contributed by atoms with E-state index in [1.807, 2.05) is 13.8 Å². The molecule has 0 bridgehead atoms. The van der Waals surface area contributed by atoms with Gasteiger partial charge >= 0.3 is 11.8 Å². The maximum absolute atomic E-state index is 11.4. The minimum Gasteiger partial charge on any atom is -0.490 e. The normalized spacial score (nSPS) is 9.63. The summed E-state index contributed by atoms with van der Waals surface area (Å²) in [6, 6.07) is 4.96. The topological polar surface area (TPSA) is 76.7 Å². The molecule has 0 spiro atoms. The van der Waals surface area contributed by atoms with Crippen LogP contribution in [0.4, 0.5) is 5.69 Å². The summed E-state index contributed by atoms with van der Waals surface area (Å²) in [4.78, 5) is 22.5. The van der Waals surface area contributed by atoms with Gasteiger partial charge in [0.1, 0.15) is 0 Å². The van der Waals surface area contributed by atoms with E-state index in [4.69, 9.17) is 9.47 Å². The molecule has 0 atom stereocenters. The second kappa shape index (κ2) is 7.25. The SMILES string of the molecule is CCOc1ccc(NC(=O)C(=O)NC)cc1OCC. The first-order valence-electron chi connectivity index (χ1n) is 6.05. The van der Waals surface area contributed by atoms with E-state index in [2.05, 4.69) is 10.6 Å². The molecule has 0 fully saturated rings. The predicted molar refractivity (Wildman–Crippen MR) is 71.5 cm³/mol. The minimum atomic E-state index is -0.728. The molecule has 0 saturated heterocycles. The fourth-order valence-corrected chi connectivity index (χ4v) is 1.43. The fourth-order valence-electron chi connectivity index (χ4n) is 1.43. The van der Waals surface area contributed by atoms with Gasteiger partial charge in [-0.3, -0.25) is 9.59 Å². The van der Waals surface area contributed by atoms with Gasteiger partial charge in [-0.05, 0) is 26.0 Å². The number of ether oxygens (including phenoxy) is 2. The summed E-state index contributed by atoms with van der Waals surface area (Å²) in [7, 11) is 1.39. The van der Waals surface area contributed by atoms with Crippen molar-refractivity contribution in [3.05, 3.63) is 18.2 Å². The van der Waals surface area contributed by atoms with Gasteiger partial charge in [0.2, 0.25) is 0 Å². The van der Waals surface area contributed by atoms with Gasteiger partial charge in [-0.15, -0.1) is 0 Å². The number of carbonyl (C=O) groups excluding carboxylic acids is 2. The highest BCUT2D eigenvalue weighted by Gasteiger charge is 2.13. The number of hydrogen-bond acceptors (Lipinski definition) is 4. The lowest BCUT2D eigenvalue weighted by molar-refractivity contribution is -0.135. The van der Waals surface area contributed by atoms with Crippen LogP contribution in [0.25, 0.3) is 0 Å². The summed E-state index contributed by atoms with van der Waals surface area (Å²) in [6.45, 7) is 4.72. The van der Waals surface area contributed by atoms with Crippen molar-refractivity contribution in [3.8, 4) is 11.5 Å². The zero-order valence-corrected chi connectivity index (χ0v) is 11.3. The first kappa shape index (κ1) is 14.8. The molecule has 1 aromatic carbocycles. The summed E-state index contributed by atoms with van der Waals surface area (Å²) in [5.74, 6) is -0.303. The molecule has 0 radical (unpaired) electrons. The van der Waals surface area contributed by atoms with Crippen molar-refractivity contribution in [3.63, 3.8) is 0 Å². The average molecular weight is 266 g/mol. The largest absolute Gasteiger partial charge is 0.490 e. The quantitative estimate of drug-likeness (QED) is 0.784. The van der Waals surface area contributed by atoms with E-state index in [1.165, 1.54) is 7.05 Å². The van der Waals surface area contributed by atoms with Gasteiger partial charge in [-0.25, -0.2) is 0 Å². The zero-order chi connectivity index (χ0) is 14.3. The lowest BCUT2D eigenvalue weighted by atomic mass is 10.2. The van der Waals surface area contributed by atoms with E-state index in [9.17, 15) is 9.59 Å². The monoisotopic (exact) mass is 266 g/mol. The van der Waals surface area contributed by atoms with Crippen LogP contribution in [0.3, 0.4) is 0 Å². The maximum atomic E-state index is 11.4. The van der Waals surface area contributed by atoms with Gasteiger partial charge in [0.25, 0.3) is 0 Å². The first-order chi connectivity index (χ1) is 9.12. The van der Waals surface area contributed by atoms with Crippen molar-refractivity contribution < 1.29 is 19.1 Å². The molecule has 0 heterocycles. The number of carbonyl (C=O) groups is 2. The standard InChI is InChI=1S/C13H18N2O4/c1-4-18-10-7-6-9(8-11(10)19-5-2)15-13(17)12(16)14-3/h6-8H,4-5H2,1-3H3,(H,14,16)(H,15,17). The van der Waals surface area contributed by atoms with Gasteiger partial charge in [-0.1, -0.05) is 0 Å². The third-order valence-corrected chi connectivity index (χ3v) is 2.23. The van der Waals surface area contributed by atoms with Crippen molar-refractivity contribution in [2.75, 3.05) is 25.6 Å². The van der Waals surface area contributed by atoms with Crippen LogP contribution in [0.5, 0.6) is 11.5 Å². The highest BCUT2D eigenvalue weighted by molar-refractivity contribution is 6.39. The smallest absolute Gasteiger partial charge is 0.313 e. The van der Waals surface area contributed by atoms with Crippen LogP contribution in [0.2, 0.25) is 0 Å². The van der Waals surface area contributed by atoms with Crippen LogP contribution in [0.1, 0.15) is 13.8 Å². The Morgan fingerprint density at radius 2 is 1.68 bits per heavy atom. The van der Waals surface area contributed by atoms with Crippen LogP contribution in [0, 0.1) is 0 Å². The molecule has 6 heteroatoms. The van der Waals surface area contributed by atoms with E-state index in [0.717, 1.165) is 0 Å². The van der Waals surface area contributed by atoms with E-state index in [0.29, 0.717) is 30.4 Å². The molecule has 2 amide bonds. The molecule has 0 aliphatic carbocycles. The van der Waals surface area contributed by atoms with E-state index >= 15 is 0 Å². The number of benzene rings is 1. The van der Waals surface area contributed by atoms with Gasteiger partial charge in [0.05, 0.1) is 13.2 Å². The number of likely N-dealkylation sites (N-methyl/N-ethyl adjacent to an activating group) is 1. The molecule has 1 rings (SSSR count). The summed E-state index contributed by atoms with van der Waals surface area (Å²) in [5.41, 5.74) is 0.473. The van der Waals surface area contributed by atoms with Crippen molar-refractivity contribution in [2.24, 2.45) is 0 Å². The summed E-state index contributed by atoms with van der Waals surface area (Å²) in [5, 5.41) is 4.72. The van der Waals surface area contributed by atoms with Gasteiger partial charge in [0.15, 0.2) is 11.5 Å². The first-order valence-corrected chi connectivity index (χ1v) is 6.05. The van der Waals surface area contributed by atoms with Crippen molar-refractivity contribution in [1.82, 2.24) is 5.32 Å². The second-order valence-electron chi connectivity index (χ2n) is 3.56. The Labute approximate surface area is 112 Å². The highest BCUT2D eigenvalue weighted by atomic mass is 16.5. The number of amides is 2. The predicted octanol–water partition coefficient (Wildman–Crippen LogP) is 1.17. The zero-order valence-electron chi connectivity index (χ0n) is 11.3. The average Bonchev–Trinajstić information content (AvgIpc) is 2.41. The summed E-state index contributed by atoms with van der Waals surface area (Å²) in [6.07, 6.45) is 0. The van der Waals surface area contributed by atoms with Crippen molar-refractivity contribution in [1.29, 1.82) is 0 Å². The van der Waals surface area contributed by atoms with Crippen LogP contribution in [-0.2, 0) is 9.59 Å². The Balaban J connectivity index is 2.88. The Kier molecular flexibility index (Phi) is 5.66. The molecule has 6 nitrogen and oxygen atoms in total. The van der Waals surface area contributed by atoms with Crippen LogP contribution < -0.4 is 20.1 Å². The molecule has 2 N–H and O–H groups in total. The van der Waals surface area contributed by atoms with Crippen LogP contribution in [-0.4, -0.2) is 32.1 Å². The Hall–Kier alpha value is -2.24. The Morgan fingerprint density at radius 1 is 1.05 bits per heavy atom. The minimum absolute atomic E-state index is 0.473. The lowest BCUT2D eigenvalue weighted by Crippen LogP contribution is -2.32. The molecular formula is C13H18N2O4.